The molecule has 1 N–H and O–H groups in total. The number of aromatic nitrogens is 1. The van der Waals surface area contributed by atoms with Gasteiger partial charge >= 0.3 is 0 Å². The molecule has 4 heteroatoms. The van der Waals surface area contributed by atoms with E-state index in [0.29, 0.717) is 12.0 Å². The Balaban J connectivity index is 1.86. The van der Waals surface area contributed by atoms with Crippen molar-refractivity contribution < 1.29 is 9.59 Å². The van der Waals surface area contributed by atoms with Crippen LogP contribution in [0.5, 0.6) is 0 Å². The van der Waals surface area contributed by atoms with E-state index in [1.807, 2.05) is 66.9 Å². The number of amides is 1. The number of anilines is 1. The Morgan fingerprint density at radius 1 is 1.08 bits per heavy atom. The molecular weight excluding hydrogens is 312 g/mol. The van der Waals surface area contributed by atoms with Crippen molar-refractivity contribution in [2.45, 2.75) is 33.2 Å². The average Bonchev–Trinajstić information content (AvgIpc) is 2.94. The molecule has 0 aliphatic heterocycles. The monoisotopic (exact) mass is 334 g/mol. The van der Waals surface area contributed by atoms with Crippen LogP contribution >= 0.6 is 0 Å². The fourth-order valence-electron chi connectivity index (χ4n) is 3.04. The lowest BCUT2D eigenvalue weighted by Gasteiger charge is -2.08. The minimum absolute atomic E-state index is 0.110. The van der Waals surface area contributed by atoms with Gasteiger partial charge in [0.2, 0.25) is 5.91 Å². The van der Waals surface area contributed by atoms with Crippen LogP contribution in [-0.2, 0) is 11.3 Å². The SMILES string of the molecule is CCCC(=O)c1cn(CC(=O)Nc2cccc(C)c2)c2ccccc12. The number of ketones is 1. The minimum atomic E-state index is -0.110. The largest absolute Gasteiger partial charge is 0.337 e. The second-order valence-electron chi connectivity index (χ2n) is 6.28. The van der Waals surface area contributed by atoms with E-state index in [1.54, 1.807) is 6.20 Å². The summed E-state index contributed by atoms with van der Waals surface area (Å²) < 4.78 is 1.85. The average molecular weight is 334 g/mol. The molecule has 128 valence electrons. The first-order chi connectivity index (χ1) is 12.1. The first-order valence-electron chi connectivity index (χ1n) is 8.56. The molecule has 0 saturated carbocycles. The van der Waals surface area contributed by atoms with Gasteiger partial charge in [-0.3, -0.25) is 9.59 Å². The molecule has 0 atom stereocenters. The van der Waals surface area contributed by atoms with Crippen LogP contribution in [0.3, 0.4) is 0 Å². The van der Waals surface area contributed by atoms with Crippen LogP contribution in [0.15, 0.2) is 54.7 Å². The maximum Gasteiger partial charge on any atom is 0.244 e. The topological polar surface area (TPSA) is 51.1 Å². The third-order valence-electron chi connectivity index (χ3n) is 4.18. The van der Waals surface area contributed by atoms with Crippen molar-refractivity contribution in [3.8, 4) is 0 Å². The van der Waals surface area contributed by atoms with E-state index >= 15 is 0 Å². The van der Waals surface area contributed by atoms with Gasteiger partial charge in [0, 0.05) is 34.8 Å². The number of hydrogen-bond acceptors (Lipinski definition) is 2. The molecule has 3 rings (SSSR count). The third kappa shape index (κ3) is 3.79. The van der Waals surface area contributed by atoms with Gasteiger partial charge in [0.1, 0.15) is 6.54 Å². The number of benzene rings is 2. The summed E-state index contributed by atoms with van der Waals surface area (Å²) in [7, 11) is 0. The van der Waals surface area contributed by atoms with E-state index in [1.165, 1.54) is 0 Å². The molecule has 0 bridgehead atoms. The van der Waals surface area contributed by atoms with Crippen LogP contribution in [0.25, 0.3) is 10.9 Å². The van der Waals surface area contributed by atoms with E-state index < -0.39 is 0 Å². The Bertz CT molecular complexity index is 925. The van der Waals surface area contributed by atoms with E-state index in [-0.39, 0.29) is 18.2 Å². The molecule has 0 fully saturated rings. The number of carbonyl (C=O) groups excluding carboxylic acids is 2. The quantitative estimate of drug-likeness (QED) is 0.671. The van der Waals surface area contributed by atoms with Crippen LogP contribution in [0, 0.1) is 6.92 Å². The Labute approximate surface area is 147 Å². The Kier molecular flexibility index (Phi) is 4.98. The molecule has 25 heavy (non-hydrogen) atoms. The maximum atomic E-state index is 12.4. The number of nitrogens with one attached hydrogen (secondary N) is 1. The Hall–Kier alpha value is -2.88. The second-order valence-corrected chi connectivity index (χ2v) is 6.28. The summed E-state index contributed by atoms with van der Waals surface area (Å²) in [6, 6.07) is 15.4. The molecule has 1 heterocycles. The molecule has 2 aromatic carbocycles. The highest BCUT2D eigenvalue weighted by Gasteiger charge is 2.15. The van der Waals surface area contributed by atoms with Crippen LogP contribution in [0.4, 0.5) is 5.69 Å². The van der Waals surface area contributed by atoms with Crippen LogP contribution in [0.2, 0.25) is 0 Å². The highest BCUT2D eigenvalue weighted by molar-refractivity contribution is 6.08. The fraction of sp³-hybridized carbons (Fsp3) is 0.238. The van der Waals surface area contributed by atoms with Crippen molar-refractivity contribution in [1.82, 2.24) is 4.57 Å². The summed E-state index contributed by atoms with van der Waals surface area (Å²) >= 11 is 0. The van der Waals surface area contributed by atoms with Crippen molar-refractivity contribution >= 4 is 28.3 Å². The van der Waals surface area contributed by atoms with Crippen molar-refractivity contribution in [3.63, 3.8) is 0 Å². The molecule has 0 aliphatic carbocycles. The zero-order valence-electron chi connectivity index (χ0n) is 14.6. The Morgan fingerprint density at radius 2 is 1.88 bits per heavy atom. The lowest BCUT2D eigenvalue weighted by Crippen LogP contribution is -2.18. The van der Waals surface area contributed by atoms with E-state index in [2.05, 4.69) is 5.32 Å². The highest BCUT2D eigenvalue weighted by atomic mass is 16.2. The van der Waals surface area contributed by atoms with Gasteiger partial charge in [-0.1, -0.05) is 37.3 Å². The number of aryl methyl sites for hydroxylation is 1. The summed E-state index contributed by atoms with van der Waals surface area (Å²) in [6.45, 7) is 4.15. The summed E-state index contributed by atoms with van der Waals surface area (Å²) in [5.74, 6) is 0.0115. The molecule has 0 radical (unpaired) electrons. The van der Waals surface area contributed by atoms with E-state index in [4.69, 9.17) is 0 Å². The van der Waals surface area contributed by atoms with Gasteiger partial charge in [-0.15, -0.1) is 0 Å². The van der Waals surface area contributed by atoms with Crippen molar-refractivity contribution in [3.05, 3.63) is 65.9 Å². The van der Waals surface area contributed by atoms with Crippen molar-refractivity contribution in [1.29, 1.82) is 0 Å². The number of para-hydroxylation sites is 1. The normalized spacial score (nSPS) is 10.8. The van der Waals surface area contributed by atoms with Gasteiger partial charge in [-0.2, -0.15) is 0 Å². The van der Waals surface area contributed by atoms with Gasteiger partial charge in [-0.25, -0.2) is 0 Å². The molecule has 0 unspecified atom stereocenters. The zero-order chi connectivity index (χ0) is 17.8. The molecule has 4 nitrogen and oxygen atoms in total. The molecule has 3 aromatic rings. The summed E-state index contributed by atoms with van der Waals surface area (Å²) in [4.78, 5) is 24.8. The van der Waals surface area contributed by atoms with Gasteiger partial charge in [0.15, 0.2) is 5.78 Å². The molecule has 0 saturated heterocycles. The smallest absolute Gasteiger partial charge is 0.244 e. The number of carbonyl (C=O) groups is 2. The lowest BCUT2D eigenvalue weighted by atomic mass is 10.1. The third-order valence-corrected chi connectivity index (χ3v) is 4.18. The van der Waals surface area contributed by atoms with Crippen LogP contribution in [-0.4, -0.2) is 16.3 Å². The molecule has 1 amide bonds. The number of hydrogen-bond donors (Lipinski definition) is 1. The van der Waals surface area contributed by atoms with E-state index in [0.717, 1.165) is 28.6 Å². The summed E-state index contributed by atoms with van der Waals surface area (Å²) in [6.07, 6.45) is 3.13. The summed E-state index contributed by atoms with van der Waals surface area (Å²) in [5, 5.41) is 3.82. The number of fused-ring (bicyclic) bond motifs is 1. The molecule has 1 aromatic heterocycles. The standard InChI is InChI=1S/C21H22N2O2/c1-3-7-20(24)18-13-23(19-11-5-4-10-17(18)19)14-21(25)22-16-9-6-8-15(2)12-16/h4-6,8-13H,3,7,14H2,1-2H3,(H,22,25). The van der Waals surface area contributed by atoms with E-state index in [9.17, 15) is 9.59 Å². The van der Waals surface area contributed by atoms with Gasteiger partial charge in [0.25, 0.3) is 0 Å². The first kappa shape index (κ1) is 17.0. The number of Topliss-reactive ketones (excluding diaryl/α,β-unsaturated/α-hetero) is 1. The number of nitrogens with zero attached hydrogens (tertiary/aromatic N) is 1. The van der Waals surface area contributed by atoms with Crippen molar-refractivity contribution in [2.24, 2.45) is 0 Å². The zero-order valence-corrected chi connectivity index (χ0v) is 14.6. The summed E-state index contributed by atoms with van der Waals surface area (Å²) in [5.41, 5.74) is 3.47. The first-order valence-corrected chi connectivity index (χ1v) is 8.56. The fourth-order valence-corrected chi connectivity index (χ4v) is 3.04. The van der Waals surface area contributed by atoms with Gasteiger partial charge in [-0.05, 0) is 37.1 Å². The van der Waals surface area contributed by atoms with Crippen molar-refractivity contribution in [2.75, 3.05) is 5.32 Å². The molecule has 0 spiro atoms. The maximum absolute atomic E-state index is 12.4. The Morgan fingerprint density at radius 3 is 2.64 bits per heavy atom. The van der Waals surface area contributed by atoms with Crippen LogP contribution < -0.4 is 5.32 Å². The predicted octanol–water partition coefficient (Wildman–Crippen LogP) is 4.57. The van der Waals surface area contributed by atoms with Crippen LogP contribution in [0.1, 0.15) is 35.7 Å². The molecular formula is C21H22N2O2. The number of rotatable bonds is 6. The predicted molar refractivity (Wildman–Crippen MR) is 101 cm³/mol. The van der Waals surface area contributed by atoms with Gasteiger partial charge in [0.05, 0.1) is 0 Å². The lowest BCUT2D eigenvalue weighted by molar-refractivity contribution is -0.116. The highest BCUT2D eigenvalue weighted by Crippen LogP contribution is 2.23. The minimum Gasteiger partial charge on any atom is -0.337 e. The second kappa shape index (κ2) is 7.34. The molecule has 0 aliphatic rings. The van der Waals surface area contributed by atoms with Gasteiger partial charge < -0.3 is 9.88 Å².